The molecular formula is C27H31ClF2N4O4Si. The number of benzene rings is 1. The summed E-state index contributed by atoms with van der Waals surface area (Å²) in [6.45, 7) is 7.75. The van der Waals surface area contributed by atoms with Gasteiger partial charge in [-0.1, -0.05) is 31.2 Å². The molecule has 5 rings (SSSR count). The van der Waals surface area contributed by atoms with E-state index < -0.39 is 31.2 Å². The number of pyridine rings is 1. The quantitative estimate of drug-likeness (QED) is 0.214. The fourth-order valence-electron chi connectivity index (χ4n) is 5.50. The molecule has 0 bridgehead atoms. The van der Waals surface area contributed by atoms with E-state index in [4.69, 9.17) is 21.1 Å². The Kier molecular flexibility index (Phi) is 6.97. The van der Waals surface area contributed by atoms with E-state index in [0.717, 1.165) is 12.1 Å². The lowest BCUT2D eigenvalue weighted by molar-refractivity contribution is -0.136. The monoisotopic (exact) mass is 576 g/mol. The summed E-state index contributed by atoms with van der Waals surface area (Å²) in [7, 11) is 1.71. The normalized spacial score (nSPS) is 19.2. The summed E-state index contributed by atoms with van der Waals surface area (Å²) in [4.78, 5) is 34.8. The van der Waals surface area contributed by atoms with Crippen molar-refractivity contribution in [2.24, 2.45) is 0 Å². The topological polar surface area (TPSA) is 76.9 Å². The number of methoxy groups -OCH3 is 1. The number of hydrogen-bond donors (Lipinski definition) is 0. The number of carbonyl (C=O) groups excluding carboxylic acids is 2. The lowest BCUT2D eigenvalue weighted by Gasteiger charge is -2.34. The highest BCUT2D eigenvalue weighted by Crippen LogP contribution is 2.51. The standard InChI is InChI=1S/C27H31ClF2N4O4Si/c1-32-7-6-27(26(32)36)23-18(10-16(29)11-22(23)37-2)25(35)34(27)14-17-12-20-21(13-19(30)24(28)31-20)33(17)15-38-8-9-39(3,4)5/h10-13H,6-9,14-15H2,1-5H3/t27-/m1/s1. The van der Waals surface area contributed by atoms with Crippen LogP contribution in [0.2, 0.25) is 30.8 Å². The highest BCUT2D eigenvalue weighted by molar-refractivity contribution is 6.76. The van der Waals surface area contributed by atoms with Gasteiger partial charge >= 0.3 is 0 Å². The van der Waals surface area contributed by atoms with Gasteiger partial charge in [-0.25, -0.2) is 13.8 Å². The number of halogens is 3. The highest BCUT2D eigenvalue weighted by Gasteiger charge is 2.60. The van der Waals surface area contributed by atoms with Crippen molar-refractivity contribution >= 4 is 42.5 Å². The second-order valence-electron chi connectivity index (χ2n) is 11.3. The van der Waals surface area contributed by atoms with Crippen molar-refractivity contribution < 1.29 is 27.8 Å². The van der Waals surface area contributed by atoms with Gasteiger partial charge in [-0.05, 0) is 18.2 Å². The fourth-order valence-corrected chi connectivity index (χ4v) is 6.40. The molecule has 1 saturated heterocycles. The average molecular weight is 577 g/mol. The van der Waals surface area contributed by atoms with Crippen LogP contribution in [-0.4, -0.2) is 66.5 Å². The van der Waals surface area contributed by atoms with Crippen LogP contribution in [0.25, 0.3) is 11.0 Å². The Morgan fingerprint density at radius 2 is 1.90 bits per heavy atom. The minimum Gasteiger partial charge on any atom is -0.496 e. The Labute approximate surface area is 231 Å². The number of fused-ring (bicyclic) bond motifs is 3. The summed E-state index contributed by atoms with van der Waals surface area (Å²) in [5.41, 5.74) is 0.563. The SMILES string of the molecule is COc1cc(F)cc2c1[C@@]1(CCN(C)C1=O)N(Cc1cc3nc(Cl)c(F)cc3n1COCC[Si](C)(C)C)C2=O. The third-order valence-corrected chi connectivity index (χ3v) is 9.53. The van der Waals surface area contributed by atoms with Crippen LogP contribution < -0.4 is 4.74 Å². The van der Waals surface area contributed by atoms with Crippen LogP contribution in [-0.2, 0) is 28.3 Å². The number of aromatic nitrogens is 2. The Balaban J connectivity index is 1.60. The fraction of sp³-hybridized carbons (Fsp3) is 0.444. The molecule has 39 heavy (non-hydrogen) atoms. The van der Waals surface area contributed by atoms with Gasteiger partial charge in [0.2, 0.25) is 0 Å². The lowest BCUT2D eigenvalue weighted by atomic mass is 9.87. The van der Waals surface area contributed by atoms with Crippen molar-refractivity contribution in [3.05, 3.63) is 57.9 Å². The zero-order valence-corrected chi connectivity index (χ0v) is 24.4. The third-order valence-electron chi connectivity index (χ3n) is 7.57. The molecule has 2 amide bonds. The van der Waals surface area contributed by atoms with E-state index >= 15 is 0 Å². The summed E-state index contributed by atoms with van der Waals surface area (Å²) in [5.74, 6) is -1.92. The second kappa shape index (κ2) is 9.87. The summed E-state index contributed by atoms with van der Waals surface area (Å²) < 4.78 is 42.2. The molecule has 1 fully saturated rings. The molecule has 0 saturated carbocycles. The Morgan fingerprint density at radius 3 is 2.54 bits per heavy atom. The first-order valence-corrected chi connectivity index (χ1v) is 16.8. The van der Waals surface area contributed by atoms with Gasteiger partial charge in [0, 0.05) is 58.1 Å². The van der Waals surface area contributed by atoms with Gasteiger partial charge in [-0.3, -0.25) is 9.59 Å². The van der Waals surface area contributed by atoms with Crippen molar-refractivity contribution in [3.63, 3.8) is 0 Å². The van der Waals surface area contributed by atoms with Gasteiger partial charge in [-0.15, -0.1) is 0 Å². The molecule has 0 radical (unpaired) electrons. The molecule has 2 aliphatic heterocycles. The number of likely N-dealkylation sites (tertiary alicyclic amines) is 1. The van der Waals surface area contributed by atoms with Crippen LogP contribution in [0.15, 0.2) is 24.3 Å². The summed E-state index contributed by atoms with van der Waals surface area (Å²) in [6, 6.07) is 6.29. The van der Waals surface area contributed by atoms with E-state index in [9.17, 15) is 18.4 Å². The van der Waals surface area contributed by atoms with Crippen LogP contribution >= 0.6 is 11.6 Å². The van der Waals surface area contributed by atoms with E-state index in [2.05, 4.69) is 24.6 Å². The molecule has 8 nitrogen and oxygen atoms in total. The van der Waals surface area contributed by atoms with E-state index in [1.165, 1.54) is 24.1 Å². The van der Waals surface area contributed by atoms with Crippen LogP contribution in [0.3, 0.4) is 0 Å². The highest BCUT2D eigenvalue weighted by atomic mass is 35.5. The van der Waals surface area contributed by atoms with E-state index in [-0.39, 0.29) is 35.6 Å². The molecule has 12 heteroatoms. The molecular weight excluding hydrogens is 546 g/mol. The zero-order valence-electron chi connectivity index (χ0n) is 22.6. The number of ether oxygens (including phenoxy) is 2. The molecule has 2 aromatic heterocycles. The predicted octanol–water partition coefficient (Wildman–Crippen LogP) is 5.00. The molecule has 4 heterocycles. The van der Waals surface area contributed by atoms with Crippen molar-refractivity contribution in [1.29, 1.82) is 0 Å². The maximum absolute atomic E-state index is 14.5. The maximum atomic E-state index is 14.5. The molecule has 1 atom stereocenters. The predicted molar refractivity (Wildman–Crippen MR) is 146 cm³/mol. The van der Waals surface area contributed by atoms with Crippen molar-refractivity contribution in [2.75, 3.05) is 27.3 Å². The number of carbonyl (C=O) groups is 2. The lowest BCUT2D eigenvalue weighted by Crippen LogP contribution is -2.49. The zero-order chi connectivity index (χ0) is 28.3. The van der Waals surface area contributed by atoms with Crippen LogP contribution in [0.1, 0.15) is 28.0 Å². The molecule has 1 aromatic carbocycles. The van der Waals surface area contributed by atoms with Gasteiger partial charge in [0.05, 0.1) is 30.3 Å². The van der Waals surface area contributed by atoms with Gasteiger partial charge in [-0.2, -0.15) is 0 Å². The Hall–Kier alpha value is -3.02. The number of hydrogen-bond acceptors (Lipinski definition) is 5. The molecule has 0 aliphatic carbocycles. The minimum absolute atomic E-state index is 0.0230. The van der Waals surface area contributed by atoms with Crippen LogP contribution in [0.4, 0.5) is 8.78 Å². The number of amides is 2. The number of nitrogens with zero attached hydrogens (tertiary/aromatic N) is 4. The molecule has 208 valence electrons. The van der Waals surface area contributed by atoms with Crippen molar-refractivity contribution in [3.8, 4) is 5.75 Å². The molecule has 1 spiro atoms. The van der Waals surface area contributed by atoms with Crippen LogP contribution in [0, 0.1) is 11.6 Å². The first-order valence-electron chi connectivity index (χ1n) is 12.7. The van der Waals surface area contributed by atoms with E-state index in [1.807, 2.05) is 0 Å². The van der Waals surface area contributed by atoms with Crippen molar-refractivity contribution in [1.82, 2.24) is 19.4 Å². The summed E-state index contributed by atoms with van der Waals surface area (Å²) in [6.07, 6.45) is 0.314. The number of rotatable bonds is 8. The minimum atomic E-state index is -1.36. The molecule has 0 unspecified atom stereocenters. The number of likely N-dealkylation sites (N-methyl/N-ethyl adjacent to an activating group) is 1. The molecule has 3 aromatic rings. The van der Waals surface area contributed by atoms with Crippen LogP contribution in [0.5, 0.6) is 5.75 Å². The van der Waals surface area contributed by atoms with E-state index in [1.54, 1.807) is 22.6 Å². The molecule has 2 aliphatic rings. The van der Waals surface area contributed by atoms with Gasteiger partial charge in [0.1, 0.15) is 18.3 Å². The van der Waals surface area contributed by atoms with Gasteiger partial charge in [0.25, 0.3) is 11.8 Å². The average Bonchev–Trinajstić information content (AvgIpc) is 3.43. The molecule has 0 N–H and O–H groups in total. The maximum Gasteiger partial charge on any atom is 0.256 e. The van der Waals surface area contributed by atoms with Crippen molar-refractivity contribution in [2.45, 2.75) is 50.9 Å². The first kappa shape index (κ1) is 27.5. The Bertz CT molecular complexity index is 1490. The Morgan fingerprint density at radius 1 is 1.15 bits per heavy atom. The first-order chi connectivity index (χ1) is 18.4. The van der Waals surface area contributed by atoms with Gasteiger partial charge in [0.15, 0.2) is 16.5 Å². The third kappa shape index (κ3) is 4.60. The largest absolute Gasteiger partial charge is 0.496 e. The summed E-state index contributed by atoms with van der Waals surface area (Å²) in [5, 5.41) is -0.264. The second-order valence-corrected chi connectivity index (χ2v) is 17.3. The van der Waals surface area contributed by atoms with E-state index in [0.29, 0.717) is 41.9 Å². The summed E-state index contributed by atoms with van der Waals surface area (Å²) >= 11 is 5.98. The smallest absolute Gasteiger partial charge is 0.256 e. The van der Waals surface area contributed by atoms with Gasteiger partial charge < -0.3 is 23.8 Å².